The van der Waals surface area contributed by atoms with Crippen LogP contribution in [0.25, 0.3) is 11.4 Å². The molecule has 22 heavy (non-hydrogen) atoms. The minimum absolute atomic E-state index is 0.356. The molecule has 2 saturated carbocycles. The summed E-state index contributed by atoms with van der Waals surface area (Å²) in [7, 11) is 0. The van der Waals surface area contributed by atoms with E-state index >= 15 is 0 Å². The molecule has 0 radical (unpaired) electrons. The molecule has 2 aliphatic carbocycles. The van der Waals surface area contributed by atoms with Crippen LogP contribution in [0.5, 0.6) is 0 Å². The molecule has 0 aliphatic heterocycles. The largest absolute Gasteiger partial charge is 0.378 e. The first-order valence-corrected chi connectivity index (χ1v) is 8.86. The van der Waals surface area contributed by atoms with Crippen LogP contribution in [0.3, 0.4) is 0 Å². The molecule has 2 atom stereocenters. The number of hydrogen-bond donors (Lipinski definition) is 1. The first kappa shape index (κ1) is 14.2. The van der Waals surface area contributed by atoms with Crippen LogP contribution in [0, 0.1) is 5.41 Å². The predicted octanol–water partition coefficient (Wildman–Crippen LogP) is 3.96. The Balaban J connectivity index is 1.45. The van der Waals surface area contributed by atoms with E-state index in [4.69, 9.17) is 4.74 Å². The van der Waals surface area contributed by atoms with Crippen molar-refractivity contribution >= 4 is 16.7 Å². The van der Waals surface area contributed by atoms with Gasteiger partial charge in [-0.2, -0.15) is 9.36 Å². The van der Waals surface area contributed by atoms with Crippen LogP contribution in [0.1, 0.15) is 32.6 Å². The van der Waals surface area contributed by atoms with Gasteiger partial charge < -0.3 is 10.1 Å². The maximum absolute atomic E-state index is 5.91. The highest BCUT2D eigenvalue weighted by molar-refractivity contribution is 7.09. The zero-order valence-electron chi connectivity index (χ0n) is 12.8. The summed E-state index contributed by atoms with van der Waals surface area (Å²) in [6.45, 7) is 2.90. The maximum Gasteiger partial charge on any atom is 0.203 e. The van der Waals surface area contributed by atoms with Gasteiger partial charge in [0, 0.05) is 35.2 Å². The van der Waals surface area contributed by atoms with Crippen molar-refractivity contribution in [2.24, 2.45) is 5.41 Å². The number of nitrogens with one attached hydrogen (secondary N) is 1. The van der Waals surface area contributed by atoms with E-state index in [9.17, 15) is 0 Å². The summed E-state index contributed by atoms with van der Waals surface area (Å²) in [6.07, 6.45) is 5.41. The molecule has 1 heterocycles. The van der Waals surface area contributed by atoms with E-state index in [1.54, 1.807) is 0 Å². The van der Waals surface area contributed by atoms with Gasteiger partial charge in [-0.1, -0.05) is 36.8 Å². The standard InChI is InChI=1S/C17H21N3OS/c1-2-21-14-11-13(17(14)9-6-10-17)18-16-19-15(20-22-16)12-7-4-3-5-8-12/h3-5,7-8,13-14H,2,6,9-11H2,1H3,(H,18,19,20). The van der Waals surface area contributed by atoms with Gasteiger partial charge in [-0.05, 0) is 26.2 Å². The molecule has 2 aromatic rings. The van der Waals surface area contributed by atoms with Crippen LogP contribution in [0.2, 0.25) is 0 Å². The van der Waals surface area contributed by atoms with Gasteiger partial charge in [-0.15, -0.1) is 0 Å². The van der Waals surface area contributed by atoms with E-state index in [0.717, 1.165) is 29.5 Å². The monoisotopic (exact) mass is 315 g/mol. The fourth-order valence-electron chi connectivity index (χ4n) is 3.78. The van der Waals surface area contributed by atoms with Crippen molar-refractivity contribution in [2.75, 3.05) is 11.9 Å². The molecule has 2 aliphatic rings. The highest BCUT2D eigenvalue weighted by Crippen LogP contribution is 2.58. The van der Waals surface area contributed by atoms with E-state index in [-0.39, 0.29) is 0 Å². The Morgan fingerprint density at radius 1 is 1.32 bits per heavy atom. The fourth-order valence-corrected chi connectivity index (χ4v) is 4.42. The Morgan fingerprint density at radius 2 is 2.14 bits per heavy atom. The highest BCUT2D eigenvalue weighted by Gasteiger charge is 2.59. The van der Waals surface area contributed by atoms with Crippen molar-refractivity contribution in [1.82, 2.24) is 9.36 Å². The van der Waals surface area contributed by atoms with Gasteiger partial charge in [-0.25, -0.2) is 0 Å². The van der Waals surface area contributed by atoms with Crippen molar-refractivity contribution in [2.45, 2.75) is 44.8 Å². The molecule has 4 nitrogen and oxygen atoms in total. The molecule has 0 amide bonds. The first-order chi connectivity index (χ1) is 10.8. The van der Waals surface area contributed by atoms with Gasteiger partial charge in [-0.3, -0.25) is 0 Å². The summed E-state index contributed by atoms with van der Waals surface area (Å²) >= 11 is 1.46. The quantitative estimate of drug-likeness (QED) is 0.907. The van der Waals surface area contributed by atoms with Crippen LogP contribution in [-0.4, -0.2) is 28.1 Å². The Morgan fingerprint density at radius 3 is 2.82 bits per heavy atom. The Bertz CT molecular complexity index is 638. The molecule has 0 saturated heterocycles. The van der Waals surface area contributed by atoms with Crippen LogP contribution in [-0.2, 0) is 4.74 Å². The van der Waals surface area contributed by atoms with Crippen LogP contribution >= 0.6 is 11.5 Å². The van der Waals surface area contributed by atoms with E-state index in [1.165, 1.54) is 30.8 Å². The number of ether oxygens (including phenoxy) is 1. The molecule has 1 spiro atoms. The lowest BCUT2D eigenvalue weighted by molar-refractivity contribution is -0.157. The Kier molecular flexibility index (Phi) is 3.62. The molecule has 1 aromatic heterocycles. The normalized spacial score (nSPS) is 25.5. The molecule has 1 N–H and O–H groups in total. The Hall–Kier alpha value is -1.46. The minimum atomic E-state index is 0.356. The smallest absolute Gasteiger partial charge is 0.203 e. The molecule has 4 rings (SSSR count). The highest BCUT2D eigenvalue weighted by atomic mass is 32.1. The number of hydrogen-bond acceptors (Lipinski definition) is 5. The molecular weight excluding hydrogens is 294 g/mol. The molecular formula is C17H21N3OS. The lowest BCUT2D eigenvalue weighted by atomic mass is 9.51. The van der Waals surface area contributed by atoms with Crippen LogP contribution in [0.15, 0.2) is 30.3 Å². The van der Waals surface area contributed by atoms with Crippen molar-refractivity contribution < 1.29 is 4.74 Å². The summed E-state index contributed by atoms with van der Waals surface area (Å²) in [6, 6.07) is 10.6. The van der Waals surface area contributed by atoms with Gasteiger partial charge in [0.2, 0.25) is 5.13 Å². The average Bonchev–Trinajstić information content (AvgIpc) is 2.94. The topological polar surface area (TPSA) is 47.0 Å². The lowest BCUT2D eigenvalue weighted by Crippen LogP contribution is -2.64. The molecule has 2 fully saturated rings. The van der Waals surface area contributed by atoms with Gasteiger partial charge in [0.1, 0.15) is 0 Å². The number of aromatic nitrogens is 2. The second-order valence-corrected chi connectivity index (χ2v) is 7.00. The number of rotatable bonds is 5. The molecule has 116 valence electrons. The van der Waals surface area contributed by atoms with Gasteiger partial charge >= 0.3 is 0 Å². The molecule has 0 bridgehead atoms. The van der Waals surface area contributed by atoms with Crippen molar-refractivity contribution in [3.63, 3.8) is 0 Å². The second-order valence-electron chi connectivity index (χ2n) is 6.25. The number of anilines is 1. The SMILES string of the molecule is CCOC1CC(Nc2nc(-c3ccccc3)ns2)C12CCC2. The Labute approximate surface area is 135 Å². The van der Waals surface area contributed by atoms with Crippen molar-refractivity contribution in [3.8, 4) is 11.4 Å². The summed E-state index contributed by atoms with van der Waals surface area (Å²) in [5.74, 6) is 0.816. The summed E-state index contributed by atoms with van der Waals surface area (Å²) in [5.41, 5.74) is 1.43. The summed E-state index contributed by atoms with van der Waals surface area (Å²) in [5, 5.41) is 4.55. The number of benzene rings is 1. The fraction of sp³-hybridized carbons (Fsp3) is 0.529. The average molecular weight is 315 g/mol. The van der Waals surface area contributed by atoms with Crippen LogP contribution in [0.4, 0.5) is 5.13 Å². The molecule has 1 aromatic carbocycles. The minimum Gasteiger partial charge on any atom is -0.378 e. The maximum atomic E-state index is 5.91. The molecule has 5 heteroatoms. The first-order valence-electron chi connectivity index (χ1n) is 8.09. The zero-order valence-corrected chi connectivity index (χ0v) is 13.6. The third-order valence-corrected chi connectivity index (χ3v) is 5.84. The third-order valence-electron chi connectivity index (χ3n) is 5.19. The van der Waals surface area contributed by atoms with E-state index < -0.39 is 0 Å². The molecule has 2 unspecified atom stereocenters. The van der Waals surface area contributed by atoms with Gasteiger partial charge in [0.05, 0.1) is 6.10 Å². The van der Waals surface area contributed by atoms with Crippen molar-refractivity contribution in [1.29, 1.82) is 0 Å². The predicted molar refractivity (Wildman–Crippen MR) is 89.1 cm³/mol. The van der Waals surface area contributed by atoms with E-state index in [0.29, 0.717) is 17.6 Å². The summed E-state index contributed by atoms with van der Waals surface area (Å²) < 4.78 is 10.4. The second kappa shape index (κ2) is 5.63. The van der Waals surface area contributed by atoms with Gasteiger partial charge in [0.25, 0.3) is 0 Å². The summed E-state index contributed by atoms with van der Waals surface area (Å²) in [4.78, 5) is 4.65. The third kappa shape index (κ3) is 2.23. The van der Waals surface area contributed by atoms with Gasteiger partial charge in [0.15, 0.2) is 5.82 Å². The van der Waals surface area contributed by atoms with E-state index in [1.807, 2.05) is 30.3 Å². The number of nitrogens with zero attached hydrogens (tertiary/aromatic N) is 2. The van der Waals surface area contributed by atoms with Crippen molar-refractivity contribution in [3.05, 3.63) is 30.3 Å². The zero-order chi connectivity index (χ0) is 15.0. The van der Waals surface area contributed by atoms with E-state index in [2.05, 4.69) is 21.6 Å². The van der Waals surface area contributed by atoms with Crippen LogP contribution < -0.4 is 5.32 Å². The lowest BCUT2D eigenvalue weighted by Gasteiger charge is -2.60.